The lowest BCUT2D eigenvalue weighted by molar-refractivity contribution is 0.138. The quantitative estimate of drug-likeness (QED) is 0.521. The molecule has 146 valence electrons. The van der Waals surface area contributed by atoms with Crippen molar-refractivity contribution in [1.29, 1.82) is 0 Å². The van der Waals surface area contributed by atoms with E-state index >= 15 is 0 Å². The average molecular weight is 362 g/mol. The topological polar surface area (TPSA) is 54.9 Å². The molecule has 1 aliphatic rings. The Kier molecular flexibility index (Phi) is 8.23. The van der Waals surface area contributed by atoms with E-state index in [1.54, 1.807) is 14.2 Å². The molecule has 1 fully saturated rings. The molecule has 0 unspecified atom stereocenters. The highest BCUT2D eigenvalue weighted by atomic mass is 16.5. The highest BCUT2D eigenvalue weighted by molar-refractivity contribution is 5.79. The summed E-state index contributed by atoms with van der Waals surface area (Å²) < 4.78 is 10.8. The average Bonchev–Trinajstić information content (AvgIpc) is 3.12. The third-order valence-corrected chi connectivity index (χ3v) is 5.33. The van der Waals surface area contributed by atoms with E-state index in [1.165, 1.54) is 31.2 Å². The predicted molar refractivity (Wildman–Crippen MR) is 108 cm³/mol. The number of aryl methyl sites for hydroxylation is 1. The van der Waals surface area contributed by atoms with Gasteiger partial charge in [0.15, 0.2) is 5.96 Å². The Morgan fingerprint density at radius 1 is 1.19 bits per heavy atom. The molecule has 0 radical (unpaired) electrons. The number of rotatable bonds is 9. The molecule has 1 aromatic rings. The van der Waals surface area contributed by atoms with E-state index in [4.69, 9.17) is 14.5 Å². The number of aliphatic imine (C=N–C) groups is 1. The lowest BCUT2D eigenvalue weighted by atomic mass is 9.83. The van der Waals surface area contributed by atoms with Gasteiger partial charge in [0.1, 0.15) is 5.75 Å². The van der Waals surface area contributed by atoms with Crippen molar-refractivity contribution in [1.82, 2.24) is 10.6 Å². The highest BCUT2D eigenvalue weighted by Gasteiger charge is 2.33. The van der Waals surface area contributed by atoms with Gasteiger partial charge in [0.25, 0.3) is 0 Å². The second-order valence-electron chi connectivity index (χ2n) is 7.31. The van der Waals surface area contributed by atoms with E-state index in [2.05, 4.69) is 42.7 Å². The zero-order valence-corrected chi connectivity index (χ0v) is 16.9. The SMILES string of the molecule is CCNC(=NCc1ccc(C)cc1OC)NCC1(CCOC)CCCC1. The maximum Gasteiger partial charge on any atom is 0.191 e. The number of hydrogen-bond acceptors (Lipinski definition) is 3. The van der Waals surface area contributed by atoms with Crippen molar-refractivity contribution in [3.05, 3.63) is 29.3 Å². The minimum atomic E-state index is 0.341. The Hall–Kier alpha value is -1.75. The van der Waals surface area contributed by atoms with Crippen molar-refractivity contribution < 1.29 is 9.47 Å². The van der Waals surface area contributed by atoms with Crippen LogP contribution in [0.4, 0.5) is 0 Å². The van der Waals surface area contributed by atoms with Gasteiger partial charge in [-0.2, -0.15) is 0 Å². The highest BCUT2D eigenvalue weighted by Crippen LogP contribution is 2.40. The first-order chi connectivity index (χ1) is 12.6. The summed E-state index contributed by atoms with van der Waals surface area (Å²) in [5.74, 6) is 1.77. The van der Waals surface area contributed by atoms with Crippen molar-refractivity contribution in [3.8, 4) is 5.75 Å². The molecule has 0 bridgehead atoms. The molecule has 0 amide bonds. The molecule has 0 aromatic heterocycles. The van der Waals surface area contributed by atoms with Gasteiger partial charge >= 0.3 is 0 Å². The molecule has 2 N–H and O–H groups in total. The monoisotopic (exact) mass is 361 g/mol. The summed E-state index contributed by atoms with van der Waals surface area (Å²) in [6.07, 6.45) is 6.30. The van der Waals surface area contributed by atoms with Crippen molar-refractivity contribution in [2.45, 2.75) is 52.5 Å². The van der Waals surface area contributed by atoms with Gasteiger partial charge in [0.2, 0.25) is 0 Å². The summed E-state index contributed by atoms with van der Waals surface area (Å²) in [5.41, 5.74) is 2.64. The molecule has 5 heteroatoms. The van der Waals surface area contributed by atoms with Gasteiger partial charge in [0, 0.05) is 32.4 Å². The van der Waals surface area contributed by atoms with Gasteiger partial charge in [-0.15, -0.1) is 0 Å². The second-order valence-corrected chi connectivity index (χ2v) is 7.31. The molecule has 0 heterocycles. The number of methoxy groups -OCH3 is 2. The van der Waals surface area contributed by atoms with Gasteiger partial charge in [-0.1, -0.05) is 25.0 Å². The van der Waals surface area contributed by atoms with E-state index < -0.39 is 0 Å². The van der Waals surface area contributed by atoms with Crippen LogP contribution in [-0.2, 0) is 11.3 Å². The van der Waals surface area contributed by atoms with Crippen LogP contribution in [0.1, 0.15) is 50.2 Å². The molecule has 0 aliphatic heterocycles. The molecule has 2 rings (SSSR count). The Bertz CT molecular complexity index is 581. The molecule has 0 spiro atoms. The molecule has 1 saturated carbocycles. The van der Waals surface area contributed by atoms with Crippen LogP contribution in [-0.4, -0.2) is 39.9 Å². The predicted octanol–water partition coefficient (Wildman–Crippen LogP) is 3.66. The first-order valence-corrected chi connectivity index (χ1v) is 9.77. The third kappa shape index (κ3) is 5.90. The van der Waals surface area contributed by atoms with Gasteiger partial charge in [-0.3, -0.25) is 0 Å². The van der Waals surface area contributed by atoms with E-state index in [0.29, 0.717) is 12.0 Å². The summed E-state index contributed by atoms with van der Waals surface area (Å²) in [7, 11) is 3.50. The molecule has 0 atom stereocenters. The molecule has 26 heavy (non-hydrogen) atoms. The Morgan fingerprint density at radius 3 is 2.62 bits per heavy atom. The van der Waals surface area contributed by atoms with Crippen molar-refractivity contribution in [2.75, 3.05) is 33.9 Å². The standard InChI is InChI=1S/C21H35N3O2/c1-5-22-20(23-15-18-9-8-17(2)14-19(18)26-4)24-16-21(12-13-25-3)10-6-7-11-21/h8-9,14H,5-7,10-13,15-16H2,1-4H3,(H2,22,23,24). The number of benzene rings is 1. The first kappa shape index (κ1) is 20.6. The van der Waals surface area contributed by atoms with Crippen LogP contribution in [0.15, 0.2) is 23.2 Å². The molecule has 0 saturated heterocycles. The van der Waals surface area contributed by atoms with E-state index in [1.807, 2.05) is 0 Å². The minimum absolute atomic E-state index is 0.341. The fraction of sp³-hybridized carbons (Fsp3) is 0.667. The van der Waals surface area contributed by atoms with Crippen LogP contribution < -0.4 is 15.4 Å². The Labute approximate surface area is 158 Å². The number of guanidine groups is 1. The van der Waals surface area contributed by atoms with Crippen LogP contribution in [0, 0.1) is 12.3 Å². The molecule has 5 nitrogen and oxygen atoms in total. The molecular weight excluding hydrogens is 326 g/mol. The van der Waals surface area contributed by atoms with Gasteiger partial charge in [-0.25, -0.2) is 4.99 Å². The van der Waals surface area contributed by atoms with Gasteiger partial charge < -0.3 is 20.1 Å². The number of hydrogen-bond donors (Lipinski definition) is 2. The van der Waals surface area contributed by atoms with Crippen LogP contribution >= 0.6 is 0 Å². The van der Waals surface area contributed by atoms with Gasteiger partial charge in [-0.05, 0) is 50.2 Å². The van der Waals surface area contributed by atoms with Crippen molar-refractivity contribution >= 4 is 5.96 Å². The van der Waals surface area contributed by atoms with Crippen LogP contribution in [0.5, 0.6) is 5.75 Å². The van der Waals surface area contributed by atoms with Crippen LogP contribution in [0.25, 0.3) is 0 Å². The zero-order chi connectivity index (χ0) is 18.8. The maximum atomic E-state index is 5.50. The first-order valence-electron chi connectivity index (χ1n) is 9.77. The number of nitrogens with zero attached hydrogens (tertiary/aromatic N) is 1. The molecular formula is C21H35N3O2. The maximum absolute atomic E-state index is 5.50. The largest absolute Gasteiger partial charge is 0.496 e. The van der Waals surface area contributed by atoms with Crippen LogP contribution in [0.3, 0.4) is 0 Å². The second kappa shape index (κ2) is 10.4. The zero-order valence-electron chi connectivity index (χ0n) is 16.9. The summed E-state index contributed by atoms with van der Waals surface area (Å²) in [4.78, 5) is 4.78. The minimum Gasteiger partial charge on any atom is -0.496 e. The third-order valence-electron chi connectivity index (χ3n) is 5.33. The smallest absolute Gasteiger partial charge is 0.191 e. The Morgan fingerprint density at radius 2 is 1.96 bits per heavy atom. The lowest BCUT2D eigenvalue weighted by Gasteiger charge is -2.30. The normalized spacial score (nSPS) is 16.5. The van der Waals surface area contributed by atoms with E-state index in [0.717, 1.165) is 43.4 Å². The fourth-order valence-corrected chi connectivity index (χ4v) is 3.72. The Balaban J connectivity index is 2.02. The summed E-state index contributed by atoms with van der Waals surface area (Å²) >= 11 is 0. The van der Waals surface area contributed by atoms with E-state index in [9.17, 15) is 0 Å². The van der Waals surface area contributed by atoms with E-state index in [-0.39, 0.29) is 0 Å². The lowest BCUT2D eigenvalue weighted by Crippen LogP contribution is -2.43. The summed E-state index contributed by atoms with van der Waals surface area (Å²) in [6.45, 7) is 7.40. The number of nitrogens with one attached hydrogen (secondary N) is 2. The van der Waals surface area contributed by atoms with Crippen LogP contribution in [0.2, 0.25) is 0 Å². The molecule has 1 aromatic carbocycles. The molecule has 1 aliphatic carbocycles. The summed E-state index contributed by atoms with van der Waals surface area (Å²) in [6, 6.07) is 6.26. The van der Waals surface area contributed by atoms with Crippen molar-refractivity contribution in [2.24, 2.45) is 10.4 Å². The number of ether oxygens (including phenoxy) is 2. The summed E-state index contributed by atoms with van der Waals surface area (Å²) in [5, 5.41) is 6.94. The fourth-order valence-electron chi connectivity index (χ4n) is 3.72. The van der Waals surface area contributed by atoms with Crippen molar-refractivity contribution in [3.63, 3.8) is 0 Å². The van der Waals surface area contributed by atoms with Gasteiger partial charge in [0.05, 0.1) is 13.7 Å².